The molecule has 0 radical (unpaired) electrons. The van der Waals surface area contributed by atoms with E-state index in [-0.39, 0.29) is 29.6 Å². The summed E-state index contributed by atoms with van der Waals surface area (Å²) in [7, 11) is -5.23. The first-order chi connectivity index (χ1) is 4.73. The average molecular weight is 214 g/mol. The van der Waals surface area contributed by atoms with Gasteiger partial charge in [-0.15, -0.1) is 0 Å². The second kappa shape index (κ2) is 4.80. The summed E-state index contributed by atoms with van der Waals surface area (Å²) in [6.07, 6.45) is -2.93. The number of aliphatic hydroxyl groups is 1. The van der Waals surface area contributed by atoms with Gasteiger partial charge < -0.3 is 14.4 Å². The molecule has 0 aliphatic carbocycles. The third kappa shape index (κ3) is 3.21. The maximum Gasteiger partial charge on any atom is 1.00 e. The van der Waals surface area contributed by atoms with Gasteiger partial charge in [-0.1, -0.05) is 0 Å². The zero-order valence-electron chi connectivity index (χ0n) is 6.32. The second-order valence-electron chi connectivity index (χ2n) is 1.60. The number of hydrogen-bond acceptors (Lipinski definition) is 5. The molecule has 68 valence electrons. The first-order valence-corrected chi connectivity index (χ1v) is 3.68. The second-order valence-corrected chi connectivity index (χ2v) is 3.06. The van der Waals surface area contributed by atoms with E-state index in [0.29, 0.717) is 7.11 Å². The van der Waals surface area contributed by atoms with Crippen molar-refractivity contribution in [3.8, 4) is 0 Å². The van der Waals surface area contributed by atoms with Crippen molar-refractivity contribution in [1.82, 2.24) is 0 Å². The molecule has 0 rings (SSSR count). The summed E-state index contributed by atoms with van der Waals surface area (Å²) in [5.74, 6) is 0. The number of alkyl halides is 2. The number of halogens is 2. The van der Waals surface area contributed by atoms with Crippen molar-refractivity contribution in [2.45, 2.75) is 11.5 Å². The Bertz CT molecular complexity index is 227. The van der Waals surface area contributed by atoms with Crippen molar-refractivity contribution in [2.24, 2.45) is 0 Å². The first-order valence-electron chi connectivity index (χ1n) is 2.27. The van der Waals surface area contributed by atoms with E-state index in [2.05, 4.69) is 4.74 Å². The molecular weight excluding hydrogens is 209 g/mol. The molecule has 0 aliphatic heterocycles. The van der Waals surface area contributed by atoms with Crippen LogP contribution in [0.4, 0.5) is 8.78 Å². The molecule has 12 heavy (non-hydrogen) atoms. The van der Waals surface area contributed by atoms with E-state index >= 15 is 0 Å². The molecule has 0 aromatic carbocycles. The first kappa shape index (κ1) is 15.2. The van der Waals surface area contributed by atoms with Crippen LogP contribution < -0.4 is 29.6 Å². The topological polar surface area (TPSA) is 86.7 Å². The summed E-state index contributed by atoms with van der Waals surface area (Å²) in [5.41, 5.74) is 0. The van der Waals surface area contributed by atoms with Crippen LogP contribution in [-0.2, 0) is 14.9 Å². The largest absolute Gasteiger partial charge is 1.00 e. The predicted octanol–water partition coefficient (Wildman–Crippen LogP) is -3.91. The van der Waals surface area contributed by atoms with Crippen LogP contribution in [0.5, 0.6) is 0 Å². The monoisotopic (exact) mass is 214 g/mol. The Labute approximate surface area is 89.8 Å². The molecule has 0 aromatic heterocycles. The van der Waals surface area contributed by atoms with Crippen LogP contribution in [-0.4, -0.2) is 36.7 Å². The molecule has 0 amide bonds. The molecule has 0 fully saturated rings. The normalized spacial score (nSPS) is 15.1. The van der Waals surface area contributed by atoms with Crippen LogP contribution in [0.1, 0.15) is 0 Å². The van der Waals surface area contributed by atoms with Gasteiger partial charge in [-0.3, -0.25) is 0 Å². The molecule has 0 saturated carbocycles. The van der Waals surface area contributed by atoms with Gasteiger partial charge in [-0.2, -0.15) is 8.78 Å². The van der Waals surface area contributed by atoms with Crippen LogP contribution in [0.15, 0.2) is 0 Å². The van der Waals surface area contributed by atoms with Gasteiger partial charge in [0.2, 0.25) is 6.29 Å². The van der Waals surface area contributed by atoms with E-state index in [0.717, 1.165) is 0 Å². The molecule has 1 N–H and O–H groups in total. The van der Waals surface area contributed by atoms with Gasteiger partial charge in [0.1, 0.15) is 0 Å². The number of hydrogen-bond donors (Lipinski definition) is 1. The van der Waals surface area contributed by atoms with Gasteiger partial charge in [0, 0.05) is 7.11 Å². The minimum Gasteiger partial charge on any atom is -0.743 e. The standard InChI is InChI=1S/C3H6F2O5S.Na/c1-10-2(6)3(4,5)11(7,8)9;/h2,6H,1H3,(H,7,8,9);/q;+1/p-1. The molecule has 0 aromatic rings. The fourth-order valence-electron chi connectivity index (χ4n) is 0.261. The van der Waals surface area contributed by atoms with Crippen LogP contribution in [0, 0.1) is 0 Å². The summed E-state index contributed by atoms with van der Waals surface area (Å²) in [6.45, 7) is 0. The molecular formula is C3H5F2NaO5S. The molecule has 0 aliphatic rings. The Balaban J connectivity index is 0. The number of rotatable bonds is 3. The zero-order chi connectivity index (χ0) is 9.28. The minimum absolute atomic E-state index is 0. The third-order valence-electron chi connectivity index (χ3n) is 0.844. The van der Waals surface area contributed by atoms with Crippen LogP contribution in [0.25, 0.3) is 0 Å². The summed E-state index contributed by atoms with van der Waals surface area (Å²) >= 11 is 0. The fraction of sp³-hybridized carbons (Fsp3) is 1.00. The summed E-state index contributed by atoms with van der Waals surface area (Å²) in [4.78, 5) is 0. The molecule has 5 nitrogen and oxygen atoms in total. The predicted molar refractivity (Wildman–Crippen MR) is 27.7 cm³/mol. The van der Waals surface area contributed by atoms with Gasteiger partial charge in [0.05, 0.1) is 0 Å². The Morgan fingerprint density at radius 2 is 1.92 bits per heavy atom. The van der Waals surface area contributed by atoms with Crippen molar-refractivity contribution in [3.05, 3.63) is 0 Å². The van der Waals surface area contributed by atoms with Crippen LogP contribution in [0.2, 0.25) is 0 Å². The van der Waals surface area contributed by atoms with Gasteiger partial charge in [-0.05, 0) is 0 Å². The summed E-state index contributed by atoms with van der Waals surface area (Å²) < 4.78 is 56.8. The Morgan fingerprint density at radius 3 is 2.00 bits per heavy atom. The quantitative estimate of drug-likeness (QED) is 0.295. The molecule has 1 unspecified atom stereocenters. The van der Waals surface area contributed by atoms with Gasteiger partial charge >= 0.3 is 34.8 Å². The number of methoxy groups -OCH3 is 1. The fourth-order valence-corrected chi connectivity index (χ4v) is 0.604. The van der Waals surface area contributed by atoms with E-state index in [1.165, 1.54) is 0 Å². The molecule has 0 bridgehead atoms. The Morgan fingerprint density at radius 1 is 1.58 bits per heavy atom. The molecule has 9 heteroatoms. The number of ether oxygens (including phenoxy) is 1. The smallest absolute Gasteiger partial charge is 0.743 e. The molecule has 1 atom stereocenters. The Hall–Kier alpha value is 0.690. The van der Waals surface area contributed by atoms with E-state index < -0.39 is 21.7 Å². The Kier molecular flexibility index (Phi) is 6.06. The minimum atomic E-state index is -5.87. The molecule has 0 spiro atoms. The third-order valence-corrected chi connectivity index (χ3v) is 1.71. The van der Waals surface area contributed by atoms with Gasteiger partial charge in [0.25, 0.3) is 0 Å². The summed E-state index contributed by atoms with van der Waals surface area (Å²) in [5, 5.41) is 3.37. The van der Waals surface area contributed by atoms with Crippen LogP contribution in [0.3, 0.4) is 0 Å². The summed E-state index contributed by atoms with van der Waals surface area (Å²) in [6, 6.07) is 0. The zero-order valence-corrected chi connectivity index (χ0v) is 9.14. The number of aliphatic hydroxyl groups excluding tert-OH is 1. The maximum atomic E-state index is 12.0. The van der Waals surface area contributed by atoms with Crippen molar-refractivity contribution < 1.29 is 61.2 Å². The van der Waals surface area contributed by atoms with E-state index in [1.807, 2.05) is 0 Å². The SMILES string of the molecule is COC(O)C(F)(F)S(=O)(=O)[O-].[Na+]. The van der Waals surface area contributed by atoms with Crippen molar-refractivity contribution in [2.75, 3.05) is 7.11 Å². The van der Waals surface area contributed by atoms with E-state index in [1.54, 1.807) is 0 Å². The van der Waals surface area contributed by atoms with E-state index in [4.69, 9.17) is 5.11 Å². The van der Waals surface area contributed by atoms with Crippen molar-refractivity contribution in [1.29, 1.82) is 0 Å². The molecule has 0 saturated heterocycles. The van der Waals surface area contributed by atoms with Gasteiger partial charge in [0.15, 0.2) is 10.1 Å². The average Bonchev–Trinajstić information content (AvgIpc) is 1.83. The van der Waals surface area contributed by atoms with Crippen molar-refractivity contribution >= 4 is 10.1 Å². The van der Waals surface area contributed by atoms with E-state index in [9.17, 15) is 21.8 Å². The molecule has 0 heterocycles. The van der Waals surface area contributed by atoms with Crippen molar-refractivity contribution in [3.63, 3.8) is 0 Å². The van der Waals surface area contributed by atoms with Crippen LogP contribution >= 0.6 is 0 Å². The maximum absolute atomic E-state index is 12.0. The van der Waals surface area contributed by atoms with Gasteiger partial charge in [-0.25, -0.2) is 8.42 Å².